The van der Waals surface area contributed by atoms with Gasteiger partial charge in [0.15, 0.2) is 0 Å². The predicted octanol–water partition coefficient (Wildman–Crippen LogP) is 4.28. The van der Waals surface area contributed by atoms with Gasteiger partial charge in [-0.1, -0.05) is 12.1 Å². The maximum absolute atomic E-state index is 12.8. The molecule has 0 radical (unpaired) electrons. The van der Waals surface area contributed by atoms with Gasteiger partial charge in [0.2, 0.25) is 5.91 Å². The standard InChI is InChI=1S/C20H18N2O4S/c1-12(14-4-10-17(26-3)11-5-14)18-19(24)22(20(25)27-18)16-8-6-15(7-9-16)21-13(2)23/h4-11H,1-3H3,(H,21,23)/b18-12-. The lowest BCUT2D eigenvalue weighted by molar-refractivity contribution is -0.114. The van der Waals surface area contributed by atoms with Gasteiger partial charge in [0, 0.05) is 12.6 Å². The summed E-state index contributed by atoms with van der Waals surface area (Å²) in [5, 5.41) is 2.30. The average molecular weight is 382 g/mol. The molecule has 0 unspecified atom stereocenters. The van der Waals surface area contributed by atoms with Gasteiger partial charge < -0.3 is 10.1 Å². The van der Waals surface area contributed by atoms with E-state index < -0.39 is 0 Å². The van der Waals surface area contributed by atoms with Crippen LogP contribution in [0, 0.1) is 0 Å². The molecule has 1 N–H and O–H groups in total. The molecule has 1 heterocycles. The Morgan fingerprint density at radius 2 is 1.63 bits per heavy atom. The summed E-state index contributed by atoms with van der Waals surface area (Å²) in [4.78, 5) is 37.9. The number of carbonyl (C=O) groups excluding carboxylic acids is 3. The van der Waals surface area contributed by atoms with Gasteiger partial charge in [-0.25, -0.2) is 4.90 Å². The van der Waals surface area contributed by atoms with Crippen LogP contribution in [-0.4, -0.2) is 24.2 Å². The number of hydrogen-bond donors (Lipinski definition) is 1. The van der Waals surface area contributed by atoms with Crippen LogP contribution in [0.4, 0.5) is 16.2 Å². The normalized spacial score (nSPS) is 15.7. The molecule has 0 spiro atoms. The second-order valence-electron chi connectivity index (χ2n) is 5.92. The van der Waals surface area contributed by atoms with Gasteiger partial charge in [0.05, 0.1) is 17.7 Å². The monoisotopic (exact) mass is 382 g/mol. The number of nitrogens with one attached hydrogen (secondary N) is 1. The van der Waals surface area contributed by atoms with Crippen molar-refractivity contribution in [2.45, 2.75) is 13.8 Å². The van der Waals surface area contributed by atoms with E-state index in [0.29, 0.717) is 16.3 Å². The molecule has 0 saturated carbocycles. The first-order valence-electron chi connectivity index (χ1n) is 8.20. The molecule has 0 bridgehead atoms. The van der Waals surface area contributed by atoms with Crippen LogP contribution in [0.1, 0.15) is 19.4 Å². The van der Waals surface area contributed by atoms with Crippen molar-refractivity contribution in [2.75, 3.05) is 17.3 Å². The van der Waals surface area contributed by atoms with Crippen LogP contribution in [0.25, 0.3) is 5.57 Å². The largest absolute Gasteiger partial charge is 0.497 e. The molecule has 138 valence electrons. The topological polar surface area (TPSA) is 75.7 Å². The molecule has 6 nitrogen and oxygen atoms in total. The zero-order valence-corrected chi connectivity index (χ0v) is 15.9. The molecule has 27 heavy (non-hydrogen) atoms. The minimum Gasteiger partial charge on any atom is -0.497 e. The van der Waals surface area contributed by atoms with E-state index in [0.717, 1.165) is 33.5 Å². The van der Waals surface area contributed by atoms with Crippen LogP contribution in [0.3, 0.4) is 0 Å². The van der Waals surface area contributed by atoms with Crippen molar-refractivity contribution in [3.8, 4) is 5.75 Å². The Bertz CT molecular complexity index is 933. The first kappa shape index (κ1) is 18.7. The minimum atomic E-state index is -0.356. The van der Waals surface area contributed by atoms with Crippen LogP contribution in [0.15, 0.2) is 53.4 Å². The van der Waals surface area contributed by atoms with Crippen molar-refractivity contribution >= 4 is 45.8 Å². The first-order chi connectivity index (χ1) is 12.9. The number of rotatable bonds is 4. The maximum atomic E-state index is 12.8. The second-order valence-corrected chi connectivity index (χ2v) is 6.88. The molecular weight excluding hydrogens is 364 g/mol. The summed E-state index contributed by atoms with van der Waals surface area (Å²) >= 11 is 0.920. The smallest absolute Gasteiger partial charge is 0.298 e. The molecule has 1 saturated heterocycles. The quantitative estimate of drug-likeness (QED) is 0.799. The molecule has 2 aromatic carbocycles. The lowest BCUT2D eigenvalue weighted by atomic mass is 10.1. The molecule has 1 fully saturated rings. The molecule has 0 aromatic heterocycles. The van der Waals surface area contributed by atoms with E-state index in [1.807, 2.05) is 31.2 Å². The highest BCUT2D eigenvalue weighted by molar-refractivity contribution is 8.19. The Morgan fingerprint density at radius 1 is 1.00 bits per heavy atom. The van der Waals surface area contributed by atoms with Crippen LogP contribution in [0.2, 0.25) is 0 Å². The number of amides is 3. The number of allylic oxidation sites excluding steroid dienone is 1. The summed E-state index contributed by atoms with van der Waals surface area (Å²) < 4.78 is 5.14. The van der Waals surface area contributed by atoms with Crippen LogP contribution < -0.4 is 15.0 Å². The Kier molecular flexibility index (Phi) is 5.32. The number of hydrogen-bond acceptors (Lipinski definition) is 5. The van der Waals surface area contributed by atoms with Crippen molar-refractivity contribution in [3.63, 3.8) is 0 Å². The van der Waals surface area contributed by atoms with E-state index in [4.69, 9.17) is 4.74 Å². The number of carbonyl (C=O) groups is 3. The van der Waals surface area contributed by atoms with E-state index in [1.165, 1.54) is 6.92 Å². The van der Waals surface area contributed by atoms with E-state index in [-0.39, 0.29) is 17.1 Å². The van der Waals surface area contributed by atoms with Crippen LogP contribution >= 0.6 is 11.8 Å². The summed E-state index contributed by atoms with van der Waals surface area (Å²) in [5.74, 6) is 0.177. The van der Waals surface area contributed by atoms with E-state index in [2.05, 4.69) is 5.32 Å². The van der Waals surface area contributed by atoms with Crippen molar-refractivity contribution in [1.82, 2.24) is 0 Å². The SMILES string of the molecule is COc1ccc(/C(C)=C2\SC(=O)N(c3ccc(NC(C)=O)cc3)C2=O)cc1. The van der Waals surface area contributed by atoms with Gasteiger partial charge >= 0.3 is 0 Å². The molecule has 2 aromatic rings. The van der Waals surface area contributed by atoms with Crippen molar-refractivity contribution in [3.05, 3.63) is 59.0 Å². The Balaban J connectivity index is 1.88. The van der Waals surface area contributed by atoms with Crippen LogP contribution in [-0.2, 0) is 9.59 Å². The lowest BCUT2D eigenvalue weighted by Crippen LogP contribution is -2.27. The summed E-state index contributed by atoms with van der Waals surface area (Å²) in [6.45, 7) is 3.23. The van der Waals surface area contributed by atoms with E-state index >= 15 is 0 Å². The number of methoxy groups -OCH3 is 1. The third kappa shape index (κ3) is 3.88. The van der Waals surface area contributed by atoms with Crippen LogP contribution in [0.5, 0.6) is 5.75 Å². The van der Waals surface area contributed by atoms with Gasteiger partial charge in [-0.3, -0.25) is 14.4 Å². The number of thioether (sulfide) groups is 1. The first-order valence-corrected chi connectivity index (χ1v) is 9.01. The zero-order chi connectivity index (χ0) is 19.6. The average Bonchev–Trinajstić information content (AvgIpc) is 2.96. The molecule has 1 aliphatic heterocycles. The highest BCUT2D eigenvalue weighted by atomic mass is 32.2. The third-order valence-electron chi connectivity index (χ3n) is 4.08. The Morgan fingerprint density at radius 3 is 2.19 bits per heavy atom. The Labute approximate surface area is 161 Å². The molecule has 1 aliphatic rings. The molecule has 3 amide bonds. The third-order valence-corrected chi connectivity index (χ3v) is 5.12. The molecule has 0 atom stereocenters. The molecule has 7 heteroatoms. The molecular formula is C20H18N2O4S. The lowest BCUT2D eigenvalue weighted by Gasteiger charge is -2.13. The van der Waals surface area contributed by atoms with Crippen molar-refractivity contribution in [2.24, 2.45) is 0 Å². The minimum absolute atomic E-state index is 0.188. The van der Waals surface area contributed by atoms with Crippen molar-refractivity contribution in [1.29, 1.82) is 0 Å². The van der Waals surface area contributed by atoms with Gasteiger partial charge in [-0.2, -0.15) is 0 Å². The summed E-state index contributed by atoms with van der Waals surface area (Å²) in [6.07, 6.45) is 0. The number of nitrogens with zero attached hydrogens (tertiary/aromatic N) is 1. The summed E-state index contributed by atoms with van der Waals surface area (Å²) in [5.41, 5.74) is 2.65. The molecule has 0 aliphatic carbocycles. The zero-order valence-electron chi connectivity index (χ0n) is 15.1. The van der Waals surface area contributed by atoms with Gasteiger partial charge in [0.1, 0.15) is 5.75 Å². The fourth-order valence-electron chi connectivity index (χ4n) is 2.69. The summed E-state index contributed by atoms with van der Waals surface area (Å²) in [7, 11) is 1.59. The van der Waals surface area contributed by atoms with E-state index in [1.54, 1.807) is 31.4 Å². The Hall–Kier alpha value is -3.06. The number of imide groups is 1. The second kappa shape index (κ2) is 7.67. The maximum Gasteiger partial charge on any atom is 0.298 e. The van der Waals surface area contributed by atoms with Gasteiger partial charge in [-0.15, -0.1) is 0 Å². The number of anilines is 2. The van der Waals surface area contributed by atoms with Gasteiger partial charge in [0.25, 0.3) is 11.1 Å². The summed E-state index contributed by atoms with van der Waals surface area (Å²) in [6, 6.07) is 13.9. The predicted molar refractivity (Wildman–Crippen MR) is 107 cm³/mol. The van der Waals surface area contributed by atoms with Crippen molar-refractivity contribution < 1.29 is 19.1 Å². The highest BCUT2D eigenvalue weighted by Gasteiger charge is 2.37. The molecule has 3 rings (SSSR count). The van der Waals surface area contributed by atoms with Gasteiger partial charge in [-0.05, 0) is 66.2 Å². The number of ether oxygens (including phenoxy) is 1. The fourth-order valence-corrected chi connectivity index (χ4v) is 3.59. The highest BCUT2D eigenvalue weighted by Crippen LogP contribution is 2.39. The fraction of sp³-hybridized carbons (Fsp3) is 0.150. The van der Waals surface area contributed by atoms with E-state index in [9.17, 15) is 14.4 Å². The number of benzene rings is 2.